The number of nitrogens with two attached hydrogens (primary N) is 1. The van der Waals surface area contributed by atoms with Gasteiger partial charge in [0.15, 0.2) is 0 Å². The van der Waals surface area contributed by atoms with E-state index in [1.165, 1.54) is 11.8 Å². The average Bonchev–Trinajstić information content (AvgIpc) is 2.59. The van der Waals surface area contributed by atoms with Gasteiger partial charge in [0.25, 0.3) is 5.91 Å². The lowest BCUT2D eigenvalue weighted by atomic mass is 10.2. The monoisotopic (exact) mass is 342 g/mol. The number of carbonyl (C=O) groups excluding carboxylic acids is 2. The summed E-state index contributed by atoms with van der Waals surface area (Å²) in [6.07, 6.45) is 1.65. The van der Waals surface area contributed by atoms with Crippen molar-refractivity contribution < 1.29 is 14.3 Å². The second-order valence-electron chi connectivity index (χ2n) is 4.83. The van der Waals surface area contributed by atoms with Crippen LogP contribution in [0.25, 0.3) is 0 Å². The number of hydrogen-bond acceptors (Lipinski definition) is 4. The molecule has 5 nitrogen and oxygen atoms in total. The van der Waals surface area contributed by atoms with E-state index in [1.54, 1.807) is 36.4 Å². The molecule has 0 radical (unpaired) electrons. The first-order valence-corrected chi connectivity index (χ1v) is 8.24. The summed E-state index contributed by atoms with van der Waals surface area (Å²) in [5.41, 5.74) is 6.32. The number of nitrogens with one attached hydrogen (secondary N) is 1. The van der Waals surface area contributed by atoms with Crippen LogP contribution in [-0.2, 0) is 4.79 Å². The van der Waals surface area contributed by atoms with Gasteiger partial charge in [0.2, 0.25) is 5.91 Å². The second-order valence-corrected chi connectivity index (χ2v) is 5.85. The van der Waals surface area contributed by atoms with Crippen LogP contribution in [-0.4, -0.2) is 24.2 Å². The molecule has 2 rings (SSSR count). The summed E-state index contributed by atoms with van der Waals surface area (Å²) in [7, 11) is 0. The number of ether oxygens (including phenoxy) is 1. The van der Waals surface area contributed by atoms with Gasteiger partial charge in [0.1, 0.15) is 12.4 Å². The smallest absolute Gasteiger partial charge is 0.255 e. The third-order valence-corrected chi connectivity index (χ3v) is 4.09. The number of hydrogen-bond donors (Lipinski definition) is 2. The molecule has 3 N–H and O–H groups in total. The summed E-state index contributed by atoms with van der Waals surface area (Å²) in [6.45, 7) is 4.00. The average molecular weight is 342 g/mol. The molecule has 0 heterocycles. The van der Waals surface area contributed by atoms with Crippen molar-refractivity contribution in [1.82, 2.24) is 0 Å². The van der Waals surface area contributed by atoms with Crippen LogP contribution >= 0.6 is 11.8 Å². The predicted octanol–water partition coefficient (Wildman–Crippen LogP) is 3.08. The zero-order valence-electron chi connectivity index (χ0n) is 13.0. The van der Waals surface area contributed by atoms with Crippen LogP contribution < -0.4 is 15.8 Å². The Balaban J connectivity index is 2.06. The zero-order chi connectivity index (χ0) is 17.4. The summed E-state index contributed by atoms with van der Waals surface area (Å²) >= 11 is 1.29. The van der Waals surface area contributed by atoms with Crippen LogP contribution in [0.4, 0.5) is 5.69 Å². The van der Waals surface area contributed by atoms with Gasteiger partial charge in [-0.25, -0.2) is 0 Å². The lowest BCUT2D eigenvalue weighted by molar-refractivity contribution is -0.115. The van der Waals surface area contributed by atoms with Crippen LogP contribution in [0.1, 0.15) is 10.4 Å². The first kappa shape index (κ1) is 17.6. The van der Waals surface area contributed by atoms with Crippen molar-refractivity contribution in [3.8, 4) is 5.75 Å². The first-order valence-electron chi connectivity index (χ1n) is 7.25. The Labute approximate surface area is 144 Å². The van der Waals surface area contributed by atoms with Crippen LogP contribution in [0, 0.1) is 0 Å². The van der Waals surface area contributed by atoms with E-state index in [9.17, 15) is 9.59 Å². The molecule has 2 aromatic carbocycles. The fourth-order valence-electron chi connectivity index (χ4n) is 1.90. The fourth-order valence-corrected chi connectivity index (χ4v) is 2.64. The van der Waals surface area contributed by atoms with Crippen LogP contribution in [0.5, 0.6) is 5.75 Å². The normalized spacial score (nSPS) is 10.0. The molecule has 0 aromatic heterocycles. The van der Waals surface area contributed by atoms with E-state index in [0.29, 0.717) is 23.6 Å². The second kappa shape index (κ2) is 8.79. The topological polar surface area (TPSA) is 81.4 Å². The molecule has 0 fully saturated rings. The van der Waals surface area contributed by atoms with Gasteiger partial charge < -0.3 is 15.8 Å². The Hall–Kier alpha value is -2.73. The van der Waals surface area contributed by atoms with Crippen molar-refractivity contribution in [3.05, 3.63) is 66.7 Å². The van der Waals surface area contributed by atoms with Gasteiger partial charge >= 0.3 is 0 Å². The Bertz CT molecular complexity index is 729. The minimum Gasteiger partial charge on any atom is -0.490 e. The van der Waals surface area contributed by atoms with Gasteiger partial charge in [-0.3, -0.25) is 9.59 Å². The van der Waals surface area contributed by atoms with Crippen molar-refractivity contribution in [2.24, 2.45) is 5.73 Å². The molecule has 0 atom stereocenters. The van der Waals surface area contributed by atoms with E-state index in [1.807, 2.05) is 18.2 Å². The molecule has 2 aromatic rings. The molecule has 124 valence electrons. The number of primary amides is 1. The standard InChI is InChI=1S/C18H18N2O3S/c1-2-11-23-14-9-7-13(8-10-14)18(22)20-15-5-3-4-6-16(15)24-12-17(19)21/h2-10H,1,11-12H2,(H2,19,21)(H,20,22). The first-order chi connectivity index (χ1) is 11.6. The number of anilines is 1. The van der Waals surface area contributed by atoms with Crippen molar-refractivity contribution in [1.29, 1.82) is 0 Å². The lowest BCUT2D eigenvalue weighted by Gasteiger charge is -2.10. The van der Waals surface area contributed by atoms with E-state index < -0.39 is 5.91 Å². The summed E-state index contributed by atoms with van der Waals surface area (Å²) in [5, 5.41) is 2.84. The Morgan fingerprint density at radius 1 is 1.17 bits per heavy atom. The molecule has 0 aliphatic rings. The van der Waals surface area contributed by atoms with E-state index in [2.05, 4.69) is 11.9 Å². The molecule has 24 heavy (non-hydrogen) atoms. The van der Waals surface area contributed by atoms with E-state index in [4.69, 9.17) is 10.5 Å². The van der Waals surface area contributed by atoms with Gasteiger partial charge in [-0.2, -0.15) is 0 Å². The number of benzene rings is 2. The highest BCUT2D eigenvalue weighted by atomic mass is 32.2. The molecule has 0 spiro atoms. The highest BCUT2D eigenvalue weighted by Crippen LogP contribution is 2.27. The van der Waals surface area contributed by atoms with Crippen molar-refractivity contribution in [2.45, 2.75) is 4.90 Å². The largest absolute Gasteiger partial charge is 0.490 e. The number of thioether (sulfide) groups is 1. The van der Waals surface area contributed by atoms with E-state index in [0.717, 1.165) is 4.90 Å². The molecule has 0 saturated carbocycles. The third kappa shape index (κ3) is 5.17. The van der Waals surface area contributed by atoms with Gasteiger partial charge in [0.05, 0.1) is 11.4 Å². The summed E-state index contributed by atoms with van der Waals surface area (Å²) in [6, 6.07) is 14.1. The summed E-state index contributed by atoms with van der Waals surface area (Å²) in [5.74, 6) is 0.180. The van der Waals surface area contributed by atoms with Crippen LogP contribution in [0.2, 0.25) is 0 Å². The molecular formula is C18H18N2O3S. The van der Waals surface area contributed by atoms with Gasteiger partial charge in [-0.15, -0.1) is 11.8 Å². The van der Waals surface area contributed by atoms with E-state index >= 15 is 0 Å². The summed E-state index contributed by atoms with van der Waals surface area (Å²) < 4.78 is 5.38. The van der Waals surface area contributed by atoms with Crippen molar-refractivity contribution in [3.63, 3.8) is 0 Å². The fraction of sp³-hybridized carbons (Fsp3) is 0.111. The molecule has 6 heteroatoms. The van der Waals surface area contributed by atoms with Crippen LogP contribution in [0.15, 0.2) is 66.1 Å². The van der Waals surface area contributed by atoms with Crippen LogP contribution in [0.3, 0.4) is 0 Å². The molecule has 0 bridgehead atoms. The Morgan fingerprint density at radius 3 is 2.54 bits per heavy atom. The SMILES string of the molecule is C=CCOc1ccc(C(=O)Nc2ccccc2SCC(N)=O)cc1. The third-order valence-electron chi connectivity index (χ3n) is 2.99. The quantitative estimate of drug-likeness (QED) is 0.570. The highest BCUT2D eigenvalue weighted by Gasteiger charge is 2.10. The molecule has 0 saturated heterocycles. The lowest BCUT2D eigenvalue weighted by Crippen LogP contribution is -2.14. The summed E-state index contributed by atoms with van der Waals surface area (Å²) in [4.78, 5) is 24.1. The molecule has 0 aliphatic carbocycles. The zero-order valence-corrected chi connectivity index (χ0v) is 13.8. The number of rotatable bonds is 8. The van der Waals surface area contributed by atoms with Gasteiger partial charge in [-0.1, -0.05) is 24.8 Å². The minimum atomic E-state index is -0.406. The molecular weight excluding hydrogens is 324 g/mol. The molecule has 0 unspecified atom stereocenters. The maximum atomic E-state index is 12.4. The Kier molecular flexibility index (Phi) is 6.45. The van der Waals surface area contributed by atoms with E-state index in [-0.39, 0.29) is 11.7 Å². The van der Waals surface area contributed by atoms with Gasteiger partial charge in [0, 0.05) is 10.5 Å². The highest BCUT2D eigenvalue weighted by molar-refractivity contribution is 8.00. The van der Waals surface area contributed by atoms with Gasteiger partial charge in [-0.05, 0) is 36.4 Å². The predicted molar refractivity (Wildman–Crippen MR) is 96.4 cm³/mol. The molecule has 2 amide bonds. The number of amides is 2. The van der Waals surface area contributed by atoms with Crippen molar-refractivity contribution >= 4 is 29.3 Å². The number of carbonyl (C=O) groups is 2. The maximum Gasteiger partial charge on any atom is 0.255 e. The minimum absolute atomic E-state index is 0.155. The van der Waals surface area contributed by atoms with Crippen molar-refractivity contribution in [2.75, 3.05) is 17.7 Å². The molecule has 0 aliphatic heterocycles. The maximum absolute atomic E-state index is 12.4. The Morgan fingerprint density at radius 2 is 1.88 bits per heavy atom. The number of para-hydroxylation sites is 1.